The molecular weight excluding hydrogens is 256 g/mol. The Morgan fingerprint density at radius 1 is 1.37 bits per heavy atom. The maximum atomic E-state index is 13.8. The summed E-state index contributed by atoms with van der Waals surface area (Å²) in [4.78, 5) is 10.7. The van der Waals surface area contributed by atoms with Crippen LogP contribution in [0, 0.1) is 5.82 Å². The van der Waals surface area contributed by atoms with Crippen molar-refractivity contribution in [3.63, 3.8) is 0 Å². The van der Waals surface area contributed by atoms with Crippen LogP contribution in [0.15, 0.2) is 28.8 Å². The van der Waals surface area contributed by atoms with Crippen LogP contribution in [0.2, 0.25) is 0 Å². The van der Waals surface area contributed by atoms with Gasteiger partial charge in [0.05, 0.1) is 0 Å². The fraction of sp³-hybridized carbons (Fsp3) is 0.231. The van der Waals surface area contributed by atoms with Crippen molar-refractivity contribution >= 4 is 5.97 Å². The maximum absolute atomic E-state index is 13.8. The first-order valence-corrected chi connectivity index (χ1v) is 5.48. The number of aromatic carboxylic acids is 1. The second kappa shape index (κ2) is 4.46. The number of benzene rings is 1. The van der Waals surface area contributed by atoms with Crippen molar-refractivity contribution in [2.75, 3.05) is 0 Å². The lowest BCUT2D eigenvalue weighted by molar-refractivity contribution is 0.0652. The molecule has 0 amide bonds. The molecule has 100 valence electrons. The molecule has 0 atom stereocenters. The Morgan fingerprint density at radius 3 is 2.58 bits per heavy atom. The molecule has 0 radical (unpaired) electrons. The van der Waals surface area contributed by atoms with Gasteiger partial charge in [0.1, 0.15) is 17.2 Å². The summed E-state index contributed by atoms with van der Waals surface area (Å²) >= 11 is 0. The Balaban J connectivity index is 2.51. The smallest absolute Gasteiger partial charge is 0.374 e. The standard InChI is InChI=1S/C13H11F2NO3/c1-13(2,15)7-3-4-9(14)8(5-7)10-6-11(12(17)18)19-16-10/h3-6H,1-2H3,(H,17,18). The van der Waals surface area contributed by atoms with Crippen molar-refractivity contribution in [2.24, 2.45) is 0 Å². The van der Waals surface area contributed by atoms with Crippen LogP contribution in [-0.4, -0.2) is 16.2 Å². The van der Waals surface area contributed by atoms with Gasteiger partial charge in [0, 0.05) is 11.6 Å². The summed E-state index contributed by atoms with van der Waals surface area (Å²) in [7, 11) is 0. The van der Waals surface area contributed by atoms with Gasteiger partial charge in [-0.2, -0.15) is 0 Å². The highest BCUT2D eigenvalue weighted by Crippen LogP contribution is 2.30. The number of aromatic nitrogens is 1. The van der Waals surface area contributed by atoms with Gasteiger partial charge < -0.3 is 9.63 Å². The van der Waals surface area contributed by atoms with Crippen molar-refractivity contribution in [3.05, 3.63) is 41.4 Å². The van der Waals surface area contributed by atoms with E-state index < -0.39 is 23.2 Å². The third kappa shape index (κ3) is 2.62. The molecule has 0 bridgehead atoms. The quantitative estimate of drug-likeness (QED) is 0.925. The van der Waals surface area contributed by atoms with E-state index in [-0.39, 0.29) is 16.8 Å². The summed E-state index contributed by atoms with van der Waals surface area (Å²) in [5.41, 5.74) is -1.36. The van der Waals surface area contributed by atoms with Gasteiger partial charge in [-0.05, 0) is 31.5 Å². The van der Waals surface area contributed by atoms with Gasteiger partial charge in [0.25, 0.3) is 0 Å². The van der Waals surface area contributed by atoms with Crippen molar-refractivity contribution in [2.45, 2.75) is 19.5 Å². The van der Waals surface area contributed by atoms with Crippen LogP contribution in [0.1, 0.15) is 30.0 Å². The topological polar surface area (TPSA) is 63.3 Å². The third-order valence-corrected chi connectivity index (χ3v) is 2.65. The summed E-state index contributed by atoms with van der Waals surface area (Å²) in [6.45, 7) is 2.69. The highest BCUT2D eigenvalue weighted by Gasteiger charge is 2.22. The number of rotatable bonds is 3. The number of hydrogen-bond donors (Lipinski definition) is 1. The first kappa shape index (κ1) is 13.2. The fourth-order valence-electron chi connectivity index (χ4n) is 1.59. The first-order chi connectivity index (χ1) is 8.79. The van der Waals surface area contributed by atoms with E-state index in [1.165, 1.54) is 26.0 Å². The Labute approximate surface area is 107 Å². The van der Waals surface area contributed by atoms with Crippen LogP contribution in [0.25, 0.3) is 11.3 Å². The average Bonchev–Trinajstić information content (AvgIpc) is 2.77. The Kier molecular flexibility index (Phi) is 3.09. The number of nitrogens with zero attached hydrogens (tertiary/aromatic N) is 1. The number of carboxylic acid groups (broad SMARTS) is 1. The average molecular weight is 267 g/mol. The van der Waals surface area contributed by atoms with Crippen LogP contribution in [-0.2, 0) is 5.67 Å². The third-order valence-electron chi connectivity index (χ3n) is 2.65. The van der Waals surface area contributed by atoms with Gasteiger partial charge in [-0.3, -0.25) is 0 Å². The second-order valence-corrected chi connectivity index (χ2v) is 4.55. The molecule has 19 heavy (non-hydrogen) atoms. The largest absolute Gasteiger partial charge is 0.475 e. The zero-order valence-electron chi connectivity index (χ0n) is 10.3. The molecule has 0 saturated carbocycles. The minimum Gasteiger partial charge on any atom is -0.475 e. The van der Waals surface area contributed by atoms with Crippen molar-refractivity contribution in [1.82, 2.24) is 5.16 Å². The van der Waals surface area contributed by atoms with Crippen LogP contribution < -0.4 is 0 Å². The molecule has 0 fully saturated rings. The van der Waals surface area contributed by atoms with E-state index >= 15 is 0 Å². The summed E-state index contributed by atoms with van der Waals surface area (Å²) < 4.78 is 32.1. The number of carbonyl (C=O) groups is 1. The van der Waals surface area contributed by atoms with Crippen LogP contribution in [0.4, 0.5) is 8.78 Å². The van der Waals surface area contributed by atoms with Gasteiger partial charge in [-0.1, -0.05) is 11.2 Å². The summed E-state index contributed by atoms with van der Waals surface area (Å²) in [5.74, 6) is -2.33. The zero-order valence-corrected chi connectivity index (χ0v) is 10.3. The van der Waals surface area contributed by atoms with Gasteiger partial charge >= 0.3 is 5.97 Å². The molecule has 0 saturated heterocycles. The van der Waals surface area contributed by atoms with Gasteiger partial charge in [0.2, 0.25) is 5.76 Å². The fourth-order valence-corrected chi connectivity index (χ4v) is 1.59. The minimum absolute atomic E-state index is 0.000486. The SMILES string of the molecule is CC(C)(F)c1ccc(F)c(-c2cc(C(=O)O)on2)c1. The monoisotopic (exact) mass is 267 g/mol. The second-order valence-electron chi connectivity index (χ2n) is 4.55. The lowest BCUT2D eigenvalue weighted by Gasteiger charge is -2.15. The Morgan fingerprint density at radius 2 is 2.05 bits per heavy atom. The van der Waals surface area contributed by atoms with E-state index in [0.29, 0.717) is 0 Å². The minimum atomic E-state index is -1.64. The predicted molar refractivity (Wildman–Crippen MR) is 63.0 cm³/mol. The molecule has 0 aliphatic heterocycles. The highest BCUT2D eigenvalue weighted by molar-refractivity contribution is 5.85. The van der Waals surface area contributed by atoms with Crippen LogP contribution in [0.5, 0.6) is 0 Å². The van der Waals surface area contributed by atoms with Gasteiger partial charge in [-0.25, -0.2) is 13.6 Å². The summed E-state index contributed by atoms with van der Waals surface area (Å²) in [6, 6.07) is 4.83. The normalized spacial score (nSPS) is 11.6. The van der Waals surface area contributed by atoms with E-state index in [4.69, 9.17) is 5.11 Å². The molecule has 6 heteroatoms. The predicted octanol–water partition coefficient (Wildman–Crippen LogP) is 3.38. The zero-order chi connectivity index (χ0) is 14.2. The molecule has 0 aliphatic carbocycles. The highest BCUT2D eigenvalue weighted by atomic mass is 19.1. The number of carboxylic acids is 1. The molecule has 2 rings (SSSR count). The molecule has 0 unspecified atom stereocenters. The molecule has 1 N–H and O–H groups in total. The lowest BCUT2D eigenvalue weighted by Crippen LogP contribution is -2.09. The number of hydrogen-bond acceptors (Lipinski definition) is 3. The van der Waals surface area contributed by atoms with E-state index in [0.717, 1.165) is 12.1 Å². The van der Waals surface area contributed by atoms with E-state index in [1.807, 2.05) is 0 Å². The van der Waals surface area contributed by atoms with E-state index in [9.17, 15) is 13.6 Å². The van der Waals surface area contributed by atoms with Gasteiger partial charge in [-0.15, -0.1) is 0 Å². The molecule has 1 aromatic carbocycles. The van der Waals surface area contributed by atoms with Crippen molar-refractivity contribution in [3.8, 4) is 11.3 Å². The first-order valence-electron chi connectivity index (χ1n) is 5.48. The summed E-state index contributed by atoms with van der Waals surface area (Å²) in [6.07, 6.45) is 0. The molecular formula is C13H11F2NO3. The molecule has 1 aromatic heterocycles. The molecule has 2 aromatic rings. The van der Waals surface area contributed by atoms with Gasteiger partial charge in [0.15, 0.2) is 0 Å². The molecule has 1 heterocycles. The lowest BCUT2D eigenvalue weighted by atomic mass is 9.97. The number of alkyl halides is 1. The Hall–Kier alpha value is -2.24. The van der Waals surface area contributed by atoms with Crippen LogP contribution in [0.3, 0.4) is 0 Å². The molecule has 0 spiro atoms. The Bertz CT molecular complexity index is 629. The maximum Gasteiger partial charge on any atom is 0.374 e. The van der Waals surface area contributed by atoms with E-state index in [2.05, 4.69) is 9.68 Å². The molecule has 0 aliphatic rings. The molecule has 4 nitrogen and oxygen atoms in total. The number of halogens is 2. The van der Waals surface area contributed by atoms with Crippen LogP contribution >= 0.6 is 0 Å². The van der Waals surface area contributed by atoms with Crippen molar-refractivity contribution < 1.29 is 23.2 Å². The van der Waals surface area contributed by atoms with Crippen molar-refractivity contribution in [1.29, 1.82) is 0 Å². The van der Waals surface area contributed by atoms with E-state index in [1.54, 1.807) is 0 Å². The summed E-state index contributed by atoms with van der Waals surface area (Å²) in [5, 5.41) is 12.2.